The Morgan fingerprint density at radius 1 is 1.25 bits per heavy atom. The van der Waals surface area contributed by atoms with Gasteiger partial charge < -0.3 is 9.84 Å². The van der Waals surface area contributed by atoms with E-state index >= 15 is 0 Å². The highest BCUT2D eigenvalue weighted by atomic mass is 32.2. The molecule has 0 spiro atoms. The van der Waals surface area contributed by atoms with Crippen LogP contribution in [0.2, 0.25) is 0 Å². The van der Waals surface area contributed by atoms with Crippen LogP contribution in [0.3, 0.4) is 0 Å². The van der Waals surface area contributed by atoms with E-state index in [2.05, 4.69) is 12.1 Å². The molecule has 2 aromatic rings. The molecule has 2 aromatic carbocycles. The average Bonchev–Trinajstić information content (AvgIpc) is 2.93. The zero-order valence-electron chi connectivity index (χ0n) is 10.8. The fraction of sp³-hybridized carbons (Fsp3) is 0.188. The lowest BCUT2D eigenvalue weighted by Crippen LogP contribution is -2.00. The number of fused-ring (bicyclic) bond motifs is 1. The normalized spacial score (nSPS) is 12.8. The van der Waals surface area contributed by atoms with Gasteiger partial charge in [0.15, 0.2) is 0 Å². The summed E-state index contributed by atoms with van der Waals surface area (Å²) >= 11 is 1.65. The lowest BCUT2D eigenvalue weighted by molar-refractivity contribution is 0.0693. The molecular weight excluding hydrogens is 272 g/mol. The van der Waals surface area contributed by atoms with Gasteiger partial charge in [0.05, 0.1) is 6.61 Å². The van der Waals surface area contributed by atoms with Gasteiger partial charge in [-0.1, -0.05) is 30.3 Å². The molecule has 1 N–H and O–H groups in total. The number of carboxylic acid groups (broad SMARTS) is 1. The van der Waals surface area contributed by atoms with Crippen LogP contribution in [0.1, 0.15) is 21.5 Å². The minimum Gasteiger partial charge on any atom is -0.492 e. The van der Waals surface area contributed by atoms with Crippen LogP contribution >= 0.6 is 11.8 Å². The van der Waals surface area contributed by atoms with Crippen molar-refractivity contribution in [2.75, 3.05) is 6.61 Å². The molecule has 0 unspecified atom stereocenters. The van der Waals surface area contributed by atoms with Crippen LogP contribution < -0.4 is 4.74 Å². The summed E-state index contributed by atoms with van der Waals surface area (Å²) in [7, 11) is 0. The smallest absolute Gasteiger partial charge is 0.339 e. The highest BCUT2D eigenvalue weighted by Gasteiger charge is 2.21. The summed E-state index contributed by atoms with van der Waals surface area (Å²) in [6, 6.07) is 13.9. The van der Waals surface area contributed by atoms with Crippen LogP contribution in [0.4, 0.5) is 0 Å². The number of hydrogen-bond donors (Lipinski definition) is 1. The predicted octanol–water partition coefficient (Wildman–Crippen LogP) is 3.61. The molecule has 0 bridgehead atoms. The minimum atomic E-state index is -0.926. The monoisotopic (exact) mass is 286 g/mol. The second-order valence-electron chi connectivity index (χ2n) is 4.64. The van der Waals surface area contributed by atoms with Crippen LogP contribution in [0.5, 0.6) is 5.75 Å². The van der Waals surface area contributed by atoms with Gasteiger partial charge in [0.25, 0.3) is 0 Å². The minimum absolute atomic E-state index is 0.274. The highest BCUT2D eigenvalue weighted by Crippen LogP contribution is 2.35. The van der Waals surface area contributed by atoms with E-state index in [0.29, 0.717) is 12.4 Å². The van der Waals surface area contributed by atoms with E-state index < -0.39 is 5.97 Å². The second kappa shape index (κ2) is 5.59. The molecule has 102 valence electrons. The van der Waals surface area contributed by atoms with Crippen LogP contribution in [-0.4, -0.2) is 17.7 Å². The third-order valence-electron chi connectivity index (χ3n) is 3.24. The number of ether oxygens (including phenoxy) is 1. The molecule has 0 atom stereocenters. The fourth-order valence-corrected chi connectivity index (χ4v) is 3.21. The Morgan fingerprint density at radius 3 is 2.80 bits per heavy atom. The van der Waals surface area contributed by atoms with Crippen molar-refractivity contribution in [3.05, 3.63) is 59.2 Å². The first-order chi connectivity index (χ1) is 9.74. The van der Waals surface area contributed by atoms with E-state index in [0.717, 1.165) is 22.6 Å². The predicted molar refractivity (Wildman–Crippen MR) is 78.6 cm³/mol. The Balaban J connectivity index is 1.84. The Labute approximate surface area is 121 Å². The standard InChI is InChI=1S/C16H14O3S/c17-16(18)14-9-13(8-12-6-7-19-15(12)14)20-10-11-4-2-1-3-5-11/h1-5,8-9H,6-7,10H2,(H,17,18). The van der Waals surface area contributed by atoms with Gasteiger partial charge in [0.1, 0.15) is 11.3 Å². The van der Waals surface area contributed by atoms with Crippen molar-refractivity contribution in [3.8, 4) is 5.75 Å². The first-order valence-electron chi connectivity index (χ1n) is 6.44. The largest absolute Gasteiger partial charge is 0.492 e. The summed E-state index contributed by atoms with van der Waals surface area (Å²) in [5.41, 5.74) is 2.50. The Kier molecular flexibility index (Phi) is 3.65. The molecule has 0 aromatic heterocycles. The summed E-state index contributed by atoms with van der Waals surface area (Å²) in [4.78, 5) is 12.3. The molecule has 4 heteroatoms. The molecule has 0 amide bonds. The molecule has 20 heavy (non-hydrogen) atoms. The first kappa shape index (κ1) is 13.1. The molecule has 1 aliphatic rings. The molecule has 0 radical (unpaired) electrons. The van der Waals surface area contributed by atoms with Gasteiger partial charge in [0.2, 0.25) is 0 Å². The van der Waals surface area contributed by atoms with Crippen molar-refractivity contribution in [1.29, 1.82) is 0 Å². The molecule has 3 rings (SSSR count). The third-order valence-corrected chi connectivity index (χ3v) is 4.28. The zero-order valence-corrected chi connectivity index (χ0v) is 11.7. The van der Waals surface area contributed by atoms with Gasteiger partial charge in [-0.3, -0.25) is 0 Å². The van der Waals surface area contributed by atoms with Crippen LogP contribution in [0.15, 0.2) is 47.4 Å². The SMILES string of the molecule is O=C(O)c1cc(SCc2ccccc2)cc2c1OCC2. The van der Waals surface area contributed by atoms with Crippen molar-refractivity contribution in [2.45, 2.75) is 17.1 Å². The Morgan fingerprint density at radius 2 is 2.05 bits per heavy atom. The number of rotatable bonds is 4. The van der Waals surface area contributed by atoms with Crippen molar-refractivity contribution in [3.63, 3.8) is 0 Å². The summed E-state index contributed by atoms with van der Waals surface area (Å²) < 4.78 is 5.42. The third kappa shape index (κ3) is 2.65. The Bertz CT molecular complexity index is 638. The molecular formula is C16H14O3S. The topological polar surface area (TPSA) is 46.5 Å². The molecule has 0 aliphatic carbocycles. The van der Waals surface area contributed by atoms with E-state index in [1.807, 2.05) is 24.3 Å². The van der Waals surface area contributed by atoms with Crippen molar-refractivity contribution >= 4 is 17.7 Å². The van der Waals surface area contributed by atoms with E-state index in [4.69, 9.17) is 4.74 Å². The van der Waals surface area contributed by atoms with Crippen LogP contribution in [0.25, 0.3) is 0 Å². The number of carbonyl (C=O) groups is 1. The maximum Gasteiger partial charge on any atom is 0.339 e. The summed E-state index contributed by atoms with van der Waals surface area (Å²) in [6.45, 7) is 0.572. The first-order valence-corrected chi connectivity index (χ1v) is 7.42. The summed E-state index contributed by atoms with van der Waals surface area (Å²) in [6.07, 6.45) is 0.787. The lowest BCUT2D eigenvalue weighted by Gasteiger charge is -2.08. The average molecular weight is 286 g/mol. The van der Waals surface area contributed by atoms with Crippen molar-refractivity contribution in [1.82, 2.24) is 0 Å². The van der Waals surface area contributed by atoms with Crippen LogP contribution in [0, 0.1) is 0 Å². The number of hydrogen-bond acceptors (Lipinski definition) is 3. The van der Waals surface area contributed by atoms with E-state index in [9.17, 15) is 9.90 Å². The summed E-state index contributed by atoms with van der Waals surface area (Å²) in [5.74, 6) is 0.450. The molecule has 0 saturated heterocycles. The van der Waals surface area contributed by atoms with Crippen molar-refractivity contribution in [2.24, 2.45) is 0 Å². The van der Waals surface area contributed by atoms with E-state index in [1.165, 1.54) is 5.56 Å². The molecule has 1 aliphatic heterocycles. The zero-order chi connectivity index (χ0) is 13.9. The van der Waals surface area contributed by atoms with Gasteiger partial charge in [0, 0.05) is 17.1 Å². The van der Waals surface area contributed by atoms with Gasteiger partial charge in [-0.25, -0.2) is 4.79 Å². The molecule has 1 heterocycles. The lowest BCUT2D eigenvalue weighted by atomic mass is 10.1. The molecule has 0 saturated carbocycles. The molecule has 0 fully saturated rings. The number of aromatic carboxylic acids is 1. The Hall–Kier alpha value is -1.94. The number of thioether (sulfide) groups is 1. The van der Waals surface area contributed by atoms with Crippen molar-refractivity contribution < 1.29 is 14.6 Å². The second-order valence-corrected chi connectivity index (χ2v) is 5.69. The maximum atomic E-state index is 11.3. The molecule has 3 nitrogen and oxygen atoms in total. The van der Waals surface area contributed by atoms with Gasteiger partial charge in [-0.2, -0.15) is 0 Å². The fourth-order valence-electron chi connectivity index (χ4n) is 2.26. The van der Waals surface area contributed by atoms with Crippen LogP contribution in [-0.2, 0) is 12.2 Å². The van der Waals surface area contributed by atoms with Gasteiger partial charge >= 0.3 is 5.97 Å². The summed E-state index contributed by atoms with van der Waals surface area (Å²) in [5, 5.41) is 9.27. The van der Waals surface area contributed by atoms with Gasteiger partial charge in [-0.05, 0) is 23.3 Å². The quantitative estimate of drug-likeness (QED) is 0.872. The maximum absolute atomic E-state index is 11.3. The van der Waals surface area contributed by atoms with Gasteiger partial charge in [-0.15, -0.1) is 11.8 Å². The number of carboxylic acids is 1. The highest BCUT2D eigenvalue weighted by molar-refractivity contribution is 7.98. The van der Waals surface area contributed by atoms with E-state index in [1.54, 1.807) is 17.8 Å². The van der Waals surface area contributed by atoms with E-state index in [-0.39, 0.29) is 5.56 Å². The number of benzene rings is 2.